The van der Waals surface area contributed by atoms with Gasteiger partial charge in [0.2, 0.25) is 0 Å². The molecule has 23 heavy (non-hydrogen) atoms. The lowest BCUT2D eigenvalue weighted by atomic mass is 10.2. The van der Waals surface area contributed by atoms with E-state index in [1.54, 1.807) is 12.1 Å². The normalized spacial score (nSPS) is 17.2. The van der Waals surface area contributed by atoms with E-state index in [-0.39, 0.29) is 11.1 Å². The van der Waals surface area contributed by atoms with Gasteiger partial charge >= 0.3 is 0 Å². The van der Waals surface area contributed by atoms with E-state index in [0.29, 0.717) is 13.2 Å². The van der Waals surface area contributed by atoms with Gasteiger partial charge in [-0.05, 0) is 48.7 Å². The molecule has 0 aromatic heterocycles. The Morgan fingerprint density at radius 2 is 2.04 bits per heavy atom. The molecule has 1 heterocycles. The van der Waals surface area contributed by atoms with Crippen molar-refractivity contribution in [2.24, 2.45) is 0 Å². The van der Waals surface area contributed by atoms with Crippen LogP contribution in [0.2, 0.25) is 5.02 Å². The molecule has 0 saturated carbocycles. The molecule has 1 aliphatic heterocycles. The molecule has 122 valence electrons. The van der Waals surface area contributed by atoms with Crippen LogP contribution in [0.4, 0.5) is 10.1 Å². The van der Waals surface area contributed by atoms with Crippen LogP contribution >= 0.6 is 11.6 Å². The molecule has 0 spiro atoms. The predicted octanol–water partition coefficient (Wildman–Crippen LogP) is 4.65. The zero-order chi connectivity index (χ0) is 16.1. The van der Waals surface area contributed by atoms with Crippen molar-refractivity contribution < 1.29 is 13.9 Å². The summed E-state index contributed by atoms with van der Waals surface area (Å²) in [5, 5.41) is 3.33. The van der Waals surface area contributed by atoms with E-state index in [1.807, 2.05) is 24.3 Å². The highest BCUT2D eigenvalue weighted by molar-refractivity contribution is 6.31. The molecule has 1 unspecified atom stereocenters. The predicted molar refractivity (Wildman–Crippen MR) is 89.6 cm³/mol. The summed E-state index contributed by atoms with van der Waals surface area (Å²) >= 11 is 5.76. The topological polar surface area (TPSA) is 30.5 Å². The van der Waals surface area contributed by atoms with E-state index in [2.05, 4.69) is 5.32 Å². The highest BCUT2D eigenvalue weighted by Crippen LogP contribution is 2.21. The van der Waals surface area contributed by atoms with Gasteiger partial charge in [0.15, 0.2) is 0 Å². The van der Waals surface area contributed by atoms with Crippen molar-refractivity contribution in [3.8, 4) is 5.75 Å². The maximum atomic E-state index is 13.1. The van der Waals surface area contributed by atoms with Gasteiger partial charge in [-0.1, -0.05) is 23.7 Å². The molecule has 1 saturated heterocycles. The minimum absolute atomic E-state index is 0.118. The van der Waals surface area contributed by atoms with E-state index in [0.717, 1.165) is 36.4 Å². The average molecular weight is 336 g/mol. The van der Waals surface area contributed by atoms with Crippen LogP contribution < -0.4 is 10.1 Å². The molecule has 5 heteroatoms. The van der Waals surface area contributed by atoms with Gasteiger partial charge in [0, 0.05) is 18.8 Å². The molecule has 0 radical (unpaired) electrons. The van der Waals surface area contributed by atoms with Gasteiger partial charge in [0.1, 0.15) is 18.2 Å². The lowest BCUT2D eigenvalue weighted by Gasteiger charge is -2.12. The fourth-order valence-electron chi connectivity index (χ4n) is 2.48. The molecule has 2 aromatic carbocycles. The maximum Gasteiger partial charge on any atom is 0.141 e. The van der Waals surface area contributed by atoms with Crippen LogP contribution in [0.25, 0.3) is 0 Å². The Labute approximate surface area is 140 Å². The van der Waals surface area contributed by atoms with Crippen LogP contribution in [0.1, 0.15) is 18.4 Å². The standard InChI is InChI=1S/C18H19ClFNO2/c19-17-10-14(5-8-18(17)20)21-11-13-3-6-15(7-4-13)23-12-16-2-1-9-22-16/h3-8,10,16,21H,1-2,9,11-12H2. The largest absolute Gasteiger partial charge is 0.491 e. The fourth-order valence-corrected chi connectivity index (χ4v) is 2.66. The quantitative estimate of drug-likeness (QED) is 0.833. The first-order valence-electron chi connectivity index (χ1n) is 7.73. The Balaban J connectivity index is 1.49. The summed E-state index contributed by atoms with van der Waals surface area (Å²) in [6.45, 7) is 2.08. The van der Waals surface area contributed by atoms with Crippen LogP contribution in [-0.2, 0) is 11.3 Å². The molecule has 1 N–H and O–H groups in total. The summed E-state index contributed by atoms with van der Waals surface area (Å²) in [5.74, 6) is 0.430. The van der Waals surface area contributed by atoms with E-state index >= 15 is 0 Å². The second-order valence-electron chi connectivity index (χ2n) is 5.57. The lowest BCUT2D eigenvalue weighted by molar-refractivity contribution is 0.0679. The summed E-state index contributed by atoms with van der Waals surface area (Å²) in [6, 6.07) is 12.5. The molecule has 0 amide bonds. The van der Waals surface area contributed by atoms with Crippen molar-refractivity contribution in [2.75, 3.05) is 18.5 Å². The molecule has 1 aliphatic rings. The zero-order valence-electron chi connectivity index (χ0n) is 12.7. The number of nitrogens with one attached hydrogen (secondary N) is 1. The summed E-state index contributed by atoms with van der Waals surface area (Å²) in [6.07, 6.45) is 2.41. The number of anilines is 1. The van der Waals surface area contributed by atoms with Gasteiger partial charge < -0.3 is 14.8 Å². The SMILES string of the molecule is Fc1ccc(NCc2ccc(OCC3CCCO3)cc2)cc1Cl. The number of hydrogen-bond donors (Lipinski definition) is 1. The summed E-state index contributed by atoms with van der Waals surface area (Å²) in [4.78, 5) is 0. The third-order valence-corrected chi connectivity index (χ3v) is 4.09. The van der Waals surface area contributed by atoms with Gasteiger partial charge in [-0.2, -0.15) is 0 Å². The molecule has 2 aromatic rings. The van der Waals surface area contributed by atoms with Crippen molar-refractivity contribution in [3.05, 3.63) is 58.9 Å². The van der Waals surface area contributed by atoms with Crippen molar-refractivity contribution in [1.82, 2.24) is 0 Å². The Morgan fingerprint density at radius 3 is 2.74 bits per heavy atom. The minimum Gasteiger partial charge on any atom is -0.491 e. The lowest BCUT2D eigenvalue weighted by Crippen LogP contribution is -2.16. The first-order valence-corrected chi connectivity index (χ1v) is 8.11. The Hall–Kier alpha value is -1.78. The molecule has 0 bridgehead atoms. The van der Waals surface area contributed by atoms with Crippen molar-refractivity contribution in [3.63, 3.8) is 0 Å². The van der Waals surface area contributed by atoms with Crippen LogP contribution in [0, 0.1) is 5.82 Å². The second kappa shape index (κ2) is 7.66. The molecule has 1 atom stereocenters. The Morgan fingerprint density at radius 1 is 1.22 bits per heavy atom. The van der Waals surface area contributed by atoms with Gasteiger partial charge in [0.25, 0.3) is 0 Å². The third kappa shape index (κ3) is 4.60. The molecular weight excluding hydrogens is 317 g/mol. The van der Waals surface area contributed by atoms with E-state index in [1.165, 1.54) is 6.07 Å². The van der Waals surface area contributed by atoms with Crippen LogP contribution in [-0.4, -0.2) is 19.3 Å². The number of halogens is 2. The fraction of sp³-hybridized carbons (Fsp3) is 0.333. The van der Waals surface area contributed by atoms with Gasteiger partial charge in [-0.3, -0.25) is 0 Å². The first kappa shape index (κ1) is 16.1. The number of rotatable bonds is 6. The average Bonchev–Trinajstić information content (AvgIpc) is 3.08. The molecule has 3 nitrogen and oxygen atoms in total. The Bertz CT molecular complexity index is 642. The monoisotopic (exact) mass is 335 g/mol. The van der Waals surface area contributed by atoms with Crippen LogP contribution in [0.15, 0.2) is 42.5 Å². The van der Waals surface area contributed by atoms with E-state index in [9.17, 15) is 4.39 Å². The van der Waals surface area contributed by atoms with Crippen molar-refractivity contribution in [1.29, 1.82) is 0 Å². The number of benzene rings is 2. The van der Waals surface area contributed by atoms with Gasteiger partial charge in [-0.15, -0.1) is 0 Å². The van der Waals surface area contributed by atoms with Crippen molar-refractivity contribution >= 4 is 17.3 Å². The van der Waals surface area contributed by atoms with Crippen LogP contribution in [0.3, 0.4) is 0 Å². The molecule has 3 rings (SSSR count). The highest BCUT2D eigenvalue weighted by Gasteiger charge is 2.15. The second-order valence-corrected chi connectivity index (χ2v) is 5.98. The summed E-state index contributed by atoms with van der Waals surface area (Å²) in [5.41, 5.74) is 1.89. The van der Waals surface area contributed by atoms with E-state index < -0.39 is 5.82 Å². The third-order valence-electron chi connectivity index (χ3n) is 3.80. The smallest absolute Gasteiger partial charge is 0.141 e. The highest BCUT2D eigenvalue weighted by atomic mass is 35.5. The van der Waals surface area contributed by atoms with Crippen LogP contribution in [0.5, 0.6) is 5.75 Å². The maximum absolute atomic E-state index is 13.1. The Kier molecular flexibility index (Phi) is 5.36. The summed E-state index contributed by atoms with van der Waals surface area (Å²) < 4.78 is 24.4. The molecule has 1 fully saturated rings. The minimum atomic E-state index is -0.412. The van der Waals surface area contributed by atoms with Gasteiger partial charge in [0.05, 0.1) is 11.1 Å². The molecular formula is C18H19ClFNO2. The van der Waals surface area contributed by atoms with Gasteiger partial charge in [-0.25, -0.2) is 4.39 Å². The molecule has 0 aliphatic carbocycles. The van der Waals surface area contributed by atoms with E-state index in [4.69, 9.17) is 21.1 Å². The number of hydrogen-bond acceptors (Lipinski definition) is 3. The van der Waals surface area contributed by atoms with Crippen molar-refractivity contribution in [2.45, 2.75) is 25.5 Å². The zero-order valence-corrected chi connectivity index (χ0v) is 13.5. The number of ether oxygens (including phenoxy) is 2. The summed E-state index contributed by atoms with van der Waals surface area (Å²) in [7, 11) is 0. The first-order chi connectivity index (χ1) is 11.2.